The van der Waals surface area contributed by atoms with E-state index in [9.17, 15) is 19.2 Å². The molecule has 1 saturated heterocycles. The standard InChI is InChI=1S/C26H30N2O10/c1-13(29)34-12-21-23(35-14(2)30)24(36-15(3)31)25(37-16(4)32)26(38-21)28-22-18(11-27-28)7-6-17-10-19(33-5)8-9-20(17)22/h8-11,21,23-26H,6-7,12H2,1-5H3/t21-,23+,24-,25-,26+/m0/s1. The summed E-state index contributed by atoms with van der Waals surface area (Å²) < 4.78 is 35.0. The quantitative estimate of drug-likeness (QED) is 0.383. The molecule has 12 heteroatoms. The number of aryl methyl sites for hydroxylation is 2. The van der Waals surface area contributed by atoms with Gasteiger partial charge in [-0.3, -0.25) is 19.2 Å². The molecule has 0 bridgehead atoms. The molecule has 1 aromatic heterocycles. The Morgan fingerprint density at radius 2 is 1.53 bits per heavy atom. The van der Waals surface area contributed by atoms with Gasteiger partial charge in [0.1, 0.15) is 18.5 Å². The fourth-order valence-electron chi connectivity index (χ4n) is 4.88. The summed E-state index contributed by atoms with van der Waals surface area (Å²) in [7, 11) is 1.59. The number of methoxy groups -OCH3 is 1. The van der Waals surface area contributed by atoms with Gasteiger partial charge in [-0.1, -0.05) is 0 Å². The SMILES string of the molecule is COc1ccc2c(c1)CCc1cnn([C@@H]3O[C@@H](COC(C)=O)[C@@H](OC(C)=O)[C@H](OC(C)=O)[C@@H]3OC(C)=O)c1-2. The van der Waals surface area contributed by atoms with Crippen LogP contribution in [0, 0.1) is 0 Å². The summed E-state index contributed by atoms with van der Waals surface area (Å²) in [5, 5.41) is 4.56. The topological polar surface area (TPSA) is 141 Å². The molecule has 1 aromatic carbocycles. The van der Waals surface area contributed by atoms with Gasteiger partial charge in [0.05, 0.1) is 19.0 Å². The van der Waals surface area contributed by atoms with E-state index in [1.807, 2.05) is 18.2 Å². The van der Waals surface area contributed by atoms with Gasteiger partial charge in [0.2, 0.25) is 0 Å². The molecule has 2 aromatic rings. The van der Waals surface area contributed by atoms with Gasteiger partial charge >= 0.3 is 23.9 Å². The van der Waals surface area contributed by atoms with Crippen molar-refractivity contribution < 1.29 is 47.6 Å². The minimum Gasteiger partial charge on any atom is -0.497 e. The number of rotatable bonds is 7. The maximum atomic E-state index is 12.2. The Balaban J connectivity index is 1.84. The number of hydrogen-bond donors (Lipinski definition) is 0. The summed E-state index contributed by atoms with van der Waals surface area (Å²) >= 11 is 0. The molecule has 204 valence electrons. The van der Waals surface area contributed by atoms with Crippen LogP contribution in [0.2, 0.25) is 0 Å². The van der Waals surface area contributed by atoms with Crippen molar-refractivity contribution in [3.63, 3.8) is 0 Å². The molecular formula is C26H30N2O10. The third-order valence-electron chi connectivity index (χ3n) is 6.31. The molecule has 0 unspecified atom stereocenters. The first-order valence-corrected chi connectivity index (χ1v) is 12.1. The minimum absolute atomic E-state index is 0.314. The van der Waals surface area contributed by atoms with E-state index in [0.29, 0.717) is 12.2 Å². The minimum atomic E-state index is -1.28. The Labute approximate surface area is 219 Å². The largest absolute Gasteiger partial charge is 0.497 e. The first-order chi connectivity index (χ1) is 18.1. The van der Waals surface area contributed by atoms with Crippen LogP contribution in [0.4, 0.5) is 0 Å². The molecule has 1 fully saturated rings. The fraction of sp³-hybridized carbons (Fsp3) is 0.500. The van der Waals surface area contributed by atoms with E-state index in [2.05, 4.69) is 5.10 Å². The highest BCUT2D eigenvalue weighted by Crippen LogP contribution is 2.41. The highest BCUT2D eigenvalue weighted by atomic mass is 16.7. The summed E-state index contributed by atoms with van der Waals surface area (Å²) in [6, 6.07) is 5.69. The Morgan fingerprint density at radius 1 is 0.895 bits per heavy atom. The Morgan fingerprint density at radius 3 is 2.16 bits per heavy atom. The Hall–Kier alpha value is -3.93. The van der Waals surface area contributed by atoms with Gasteiger partial charge in [-0.25, -0.2) is 4.68 Å². The molecule has 1 aliphatic heterocycles. The van der Waals surface area contributed by atoms with Gasteiger partial charge in [-0.2, -0.15) is 5.10 Å². The van der Waals surface area contributed by atoms with Gasteiger partial charge in [-0.15, -0.1) is 0 Å². The lowest BCUT2D eigenvalue weighted by molar-refractivity contribution is -0.270. The summed E-state index contributed by atoms with van der Waals surface area (Å²) in [6.45, 7) is 4.47. The van der Waals surface area contributed by atoms with Crippen LogP contribution in [0.1, 0.15) is 45.0 Å². The first kappa shape index (κ1) is 27.1. The number of benzene rings is 1. The van der Waals surface area contributed by atoms with E-state index in [-0.39, 0.29) is 6.61 Å². The molecule has 2 aliphatic rings. The van der Waals surface area contributed by atoms with Crippen molar-refractivity contribution in [2.75, 3.05) is 13.7 Å². The van der Waals surface area contributed by atoms with E-state index < -0.39 is 54.5 Å². The number of esters is 4. The second-order valence-corrected chi connectivity index (χ2v) is 9.08. The summed E-state index contributed by atoms with van der Waals surface area (Å²) in [5.74, 6) is -1.94. The summed E-state index contributed by atoms with van der Waals surface area (Å²) in [5.41, 5.74) is 3.59. The zero-order valence-electron chi connectivity index (χ0n) is 21.8. The lowest BCUT2D eigenvalue weighted by Crippen LogP contribution is -2.60. The molecule has 1 aliphatic carbocycles. The number of carbonyl (C=O) groups is 4. The lowest BCUT2D eigenvalue weighted by atomic mass is 9.89. The molecule has 0 radical (unpaired) electrons. The highest BCUT2D eigenvalue weighted by molar-refractivity contribution is 5.71. The van der Waals surface area contributed by atoms with E-state index in [1.165, 1.54) is 27.7 Å². The lowest BCUT2D eigenvalue weighted by Gasteiger charge is -2.44. The predicted molar refractivity (Wildman–Crippen MR) is 129 cm³/mol. The van der Waals surface area contributed by atoms with Gasteiger partial charge in [0.25, 0.3) is 0 Å². The van der Waals surface area contributed by atoms with Gasteiger partial charge in [0, 0.05) is 33.3 Å². The summed E-state index contributed by atoms with van der Waals surface area (Å²) in [4.78, 5) is 47.9. The molecule has 38 heavy (non-hydrogen) atoms. The van der Waals surface area contributed by atoms with Crippen molar-refractivity contribution in [1.29, 1.82) is 0 Å². The maximum Gasteiger partial charge on any atom is 0.303 e. The van der Waals surface area contributed by atoms with Crippen molar-refractivity contribution in [3.05, 3.63) is 35.5 Å². The number of hydrogen-bond acceptors (Lipinski definition) is 11. The second kappa shape index (κ2) is 11.2. The Kier molecular flexibility index (Phi) is 8.00. The number of nitrogens with zero attached hydrogens (tertiary/aromatic N) is 2. The number of carbonyl (C=O) groups excluding carboxylic acids is 4. The van der Waals surface area contributed by atoms with Crippen LogP contribution in [0.15, 0.2) is 24.4 Å². The molecule has 4 rings (SSSR count). The molecule has 0 saturated carbocycles. The zero-order valence-corrected chi connectivity index (χ0v) is 21.8. The molecule has 5 atom stereocenters. The highest BCUT2D eigenvalue weighted by Gasteiger charge is 2.53. The number of fused-ring (bicyclic) bond motifs is 3. The first-order valence-electron chi connectivity index (χ1n) is 12.1. The molecule has 0 spiro atoms. The third-order valence-corrected chi connectivity index (χ3v) is 6.31. The molecule has 2 heterocycles. The molecule has 0 N–H and O–H groups in total. The normalized spacial score (nSPS) is 23.9. The van der Waals surface area contributed by atoms with Crippen molar-refractivity contribution in [2.24, 2.45) is 0 Å². The third kappa shape index (κ3) is 5.64. The van der Waals surface area contributed by atoms with E-state index >= 15 is 0 Å². The van der Waals surface area contributed by atoms with Crippen LogP contribution in [-0.2, 0) is 55.7 Å². The summed E-state index contributed by atoms with van der Waals surface area (Å²) in [6.07, 6.45) is -2.78. The van der Waals surface area contributed by atoms with Crippen LogP contribution in [0.5, 0.6) is 5.75 Å². The van der Waals surface area contributed by atoms with E-state index in [0.717, 1.165) is 28.8 Å². The average molecular weight is 531 g/mol. The van der Waals surface area contributed by atoms with Crippen LogP contribution in [0.25, 0.3) is 11.3 Å². The van der Waals surface area contributed by atoms with Crippen molar-refractivity contribution >= 4 is 23.9 Å². The van der Waals surface area contributed by atoms with Crippen molar-refractivity contribution in [3.8, 4) is 17.0 Å². The van der Waals surface area contributed by atoms with Gasteiger partial charge in [0.15, 0.2) is 24.5 Å². The average Bonchev–Trinajstić information content (AvgIpc) is 3.28. The number of aromatic nitrogens is 2. The van der Waals surface area contributed by atoms with Gasteiger partial charge < -0.3 is 28.4 Å². The fourth-order valence-corrected chi connectivity index (χ4v) is 4.88. The van der Waals surface area contributed by atoms with Crippen LogP contribution >= 0.6 is 0 Å². The molecular weight excluding hydrogens is 500 g/mol. The van der Waals surface area contributed by atoms with E-state index in [1.54, 1.807) is 18.0 Å². The maximum absolute atomic E-state index is 12.2. The molecule has 12 nitrogen and oxygen atoms in total. The predicted octanol–water partition coefficient (Wildman–Crippen LogP) is 1.91. The molecule has 0 amide bonds. The van der Waals surface area contributed by atoms with Gasteiger partial charge in [-0.05, 0) is 42.2 Å². The monoisotopic (exact) mass is 530 g/mol. The van der Waals surface area contributed by atoms with Crippen LogP contribution < -0.4 is 4.74 Å². The van der Waals surface area contributed by atoms with Crippen molar-refractivity contribution in [1.82, 2.24) is 9.78 Å². The zero-order chi connectivity index (χ0) is 27.6. The smallest absolute Gasteiger partial charge is 0.303 e. The number of ether oxygens (including phenoxy) is 6. The van der Waals surface area contributed by atoms with E-state index in [4.69, 9.17) is 28.4 Å². The van der Waals surface area contributed by atoms with Crippen LogP contribution in [-0.4, -0.2) is 71.8 Å². The van der Waals surface area contributed by atoms with Crippen molar-refractivity contribution in [2.45, 2.75) is 71.2 Å². The van der Waals surface area contributed by atoms with Crippen LogP contribution in [0.3, 0.4) is 0 Å². The second-order valence-electron chi connectivity index (χ2n) is 9.08. The Bertz CT molecular complexity index is 1240.